The Bertz CT molecular complexity index is 280. The molecular formula is C12H16O2. The molecule has 0 aliphatic rings. The first-order valence-corrected chi connectivity index (χ1v) is 4.83. The van der Waals surface area contributed by atoms with Crippen LogP contribution in [-0.4, -0.2) is 13.1 Å². The summed E-state index contributed by atoms with van der Waals surface area (Å²) in [6, 6.07) is 10.2. The lowest BCUT2D eigenvalue weighted by Crippen LogP contribution is -2.09. The fourth-order valence-corrected chi connectivity index (χ4v) is 1.46. The minimum Gasteiger partial charge on any atom is -0.469 e. The molecule has 0 fully saturated rings. The minimum absolute atomic E-state index is 0.131. The summed E-state index contributed by atoms with van der Waals surface area (Å²) in [5.41, 5.74) is 1.27. The Morgan fingerprint density at radius 2 is 2.00 bits per heavy atom. The van der Waals surface area contributed by atoms with Crippen molar-refractivity contribution in [2.75, 3.05) is 7.11 Å². The van der Waals surface area contributed by atoms with Crippen molar-refractivity contribution in [3.63, 3.8) is 0 Å². The summed E-state index contributed by atoms with van der Waals surface area (Å²) in [6.07, 6.45) is 1.42. The highest BCUT2D eigenvalue weighted by Crippen LogP contribution is 2.11. The fraction of sp³-hybridized carbons (Fsp3) is 0.417. The number of carbonyl (C=O) groups excluding carboxylic acids is 1. The van der Waals surface area contributed by atoms with E-state index in [-0.39, 0.29) is 5.97 Å². The van der Waals surface area contributed by atoms with Gasteiger partial charge in [0.1, 0.15) is 0 Å². The first kappa shape index (κ1) is 10.8. The maximum Gasteiger partial charge on any atom is 0.305 e. The molecule has 14 heavy (non-hydrogen) atoms. The molecule has 0 heterocycles. The van der Waals surface area contributed by atoms with Crippen LogP contribution < -0.4 is 0 Å². The fourth-order valence-electron chi connectivity index (χ4n) is 1.46. The quantitative estimate of drug-likeness (QED) is 0.685. The van der Waals surface area contributed by atoms with Crippen molar-refractivity contribution in [3.8, 4) is 0 Å². The van der Waals surface area contributed by atoms with Crippen molar-refractivity contribution in [2.45, 2.75) is 19.8 Å². The topological polar surface area (TPSA) is 26.3 Å². The van der Waals surface area contributed by atoms with Gasteiger partial charge in [0, 0.05) is 6.42 Å². The smallest absolute Gasteiger partial charge is 0.305 e. The highest BCUT2D eigenvalue weighted by atomic mass is 16.5. The van der Waals surface area contributed by atoms with Crippen molar-refractivity contribution in [1.82, 2.24) is 0 Å². The summed E-state index contributed by atoms with van der Waals surface area (Å²) >= 11 is 0. The van der Waals surface area contributed by atoms with Crippen LogP contribution in [0.3, 0.4) is 0 Å². The lowest BCUT2D eigenvalue weighted by molar-refractivity contribution is -0.141. The van der Waals surface area contributed by atoms with Crippen molar-refractivity contribution >= 4 is 5.97 Å². The molecule has 0 saturated carbocycles. The van der Waals surface area contributed by atoms with E-state index in [1.54, 1.807) is 0 Å². The van der Waals surface area contributed by atoms with E-state index in [2.05, 4.69) is 23.8 Å². The van der Waals surface area contributed by atoms with Gasteiger partial charge in [-0.3, -0.25) is 4.79 Å². The molecule has 1 rings (SSSR count). The summed E-state index contributed by atoms with van der Waals surface area (Å²) in [4.78, 5) is 11.0. The van der Waals surface area contributed by atoms with Crippen molar-refractivity contribution < 1.29 is 9.53 Å². The molecule has 0 N–H and O–H groups in total. The Morgan fingerprint density at radius 3 is 2.57 bits per heavy atom. The highest BCUT2D eigenvalue weighted by molar-refractivity contribution is 5.69. The number of esters is 1. The summed E-state index contributed by atoms with van der Waals surface area (Å²) in [5, 5.41) is 0. The van der Waals surface area contributed by atoms with Crippen molar-refractivity contribution in [2.24, 2.45) is 5.92 Å². The zero-order valence-corrected chi connectivity index (χ0v) is 8.69. The molecule has 1 aromatic carbocycles. The zero-order valence-electron chi connectivity index (χ0n) is 8.69. The van der Waals surface area contributed by atoms with E-state index in [9.17, 15) is 4.79 Å². The van der Waals surface area contributed by atoms with Crippen LogP contribution in [0.2, 0.25) is 0 Å². The number of rotatable bonds is 4. The Labute approximate surface area is 84.9 Å². The van der Waals surface area contributed by atoms with Crippen molar-refractivity contribution in [3.05, 3.63) is 35.9 Å². The average Bonchev–Trinajstić information content (AvgIpc) is 2.19. The van der Waals surface area contributed by atoms with Crippen LogP contribution in [0.1, 0.15) is 18.9 Å². The van der Waals surface area contributed by atoms with E-state index < -0.39 is 0 Å². The predicted molar refractivity (Wildman–Crippen MR) is 55.9 cm³/mol. The monoisotopic (exact) mass is 192 g/mol. The van der Waals surface area contributed by atoms with Crippen LogP contribution in [0, 0.1) is 5.92 Å². The zero-order chi connectivity index (χ0) is 10.4. The van der Waals surface area contributed by atoms with E-state index in [4.69, 9.17) is 0 Å². The van der Waals surface area contributed by atoms with Crippen LogP contribution in [0.25, 0.3) is 0 Å². The lowest BCUT2D eigenvalue weighted by Gasteiger charge is -2.09. The standard InChI is InChI=1S/C12H16O2/c1-10(9-12(13)14-2)8-11-6-4-3-5-7-11/h3-7,10H,8-9H2,1-2H3/t10-/m1/s1. The molecule has 0 unspecified atom stereocenters. The van der Waals surface area contributed by atoms with Crippen molar-refractivity contribution in [1.29, 1.82) is 0 Å². The SMILES string of the molecule is COC(=O)C[C@H](C)Cc1ccccc1. The van der Waals surface area contributed by atoms with Gasteiger partial charge in [-0.2, -0.15) is 0 Å². The molecule has 0 amide bonds. The largest absolute Gasteiger partial charge is 0.469 e. The van der Waals surface area contributed by atoms with Gasteiger partial charge in [0.05, 0.1) is 7.11 Å². The Morgan fingerprint density at radius 1 is 1.36 bits per heavy atom. The second kappa shape index (κ2) is 5.43. The van der Waals surface area contributed by atoms with Crippen LogP contribution in [-0.2, 0) is 16.0 Å². The van der Waals surface area contributed by atoms with Gasteiger partial charge in [-0.05, 0) is 17.9 Å². The number of benzene rings is 1. The Kier molecular flexibility index (Phi) is 4.17. The number of ether oxygens (including phenoxy) is 1. The third kappa shape index (κ3) is 3.60. The van der Waals surface area contributed by atoms with Crippen LogP contribution in [0.4, 0.5) is 0 Å². The molecule has 0 saturated heterocycles. The van der Waals surface area contributed by atoms with Gasteiger partial charge in [-0.15, -0.1) is 0 Å². The first-order valence-electron chi connectivity index (χ1n) is 4.83. The highest BCUT2D eigenvalue weighted by Gasteiger charge is 2.09. The Balaban J connectivity index is 2.41. The summed E-state index contributed by atoms with van der Waals surface area (Å²) in [6.45, 7) is 2.06. The van der Waals surface area contributed by atoms with E-state index in [1.165, 1.54) is 12.7 Å². The van der Waals surface area contributed by atoms with Gasteiger partial charge in [-0.25, -0.2) is 0 Å². The molecule has 2 heteroatoms. The van der Waals surface area contributed by atoms with E-state index in [0.29, 0.717) is 12.3 Å². The third-order valence-corrected chi connectivity index (χ3v) is 2.17. The van der Waals surface area contributed by atoms with Crippen LogP contribution >= 0.6 is 0 Å². The van der Waals surface area contributed by atoms with E-state index in [0.717, 1.165) is 6.42 Å². The van der Waals surface area contributed by atoms with E-state index >= 15 is 0 Å². The molecule has 0 aliphatic carbocycles. The number of methoxy groups -OCH3 is 1. The molecule has 0 aliphatic heterocycles. The van der Waals surface area contributed by atoms with Gasteiger partial charge in [0.15, 0.2) is 0 Å². The Hall–Kier alpha value is -1.31. The normalized spacial score (nSPS) is 12.1. The average molecular weight is 192 g/mol. The van der Waals surface area contributed by atoms with Gasteiger partial charge >= 0.3 is 5.97 Å². The summed E-state index contributed by atoms with van der Waals surface area (Å²) < 4.78 is 4.62. The number of hydrogen-bond acceptors (Lipinski definition) is 2. The van der Waals surface area contributed by atoms with Crippen LogP contribution in [0.15, 0.2) is 30.3 Å². The van der Waals surface area contributed by atoms with Gasteiger partial charge < -0.3 is 4.74 Å². The lowest BCUT2D eigenvalue weighted by atomic mass is 9.98. The number of hydrogen-bond donors (Lipinski definition) is 0. The molecule has 1 aromatic rings. The van der Waals surface area contributed by atoms with Gasteiger partial charge in [0.25, 0.3) is 0 Å². The molecular weight excluding hydrogens is 176 g/mol. The van der Waals surface area contributed by atoms with Crippen LogP contribution in [0.5, 0.6) is 0 Å². The second-order valence-electron chi connectivity index (χ2n) is 3.58. The maximum absolute atomic E-state index is 11.0. The summed E-state index contributed by atoms with van der Waals surface area (Å²) in [5.74, 6) is 0.207. The minimum atomic E-state index is -0.131. The molecule has 2 nitrogen and oxygen atoms in total. The molecule has 1 atom stereocenters. The summed E-state index contributed by atoms with van der Waals surface area (Å²) in [7, 11) is 1.43. The van der Waals surface area contributed by atoms with Gasteiger partial charge in [0.2, 0.25) is 0 Å². The maximum atomic E-state index is 11.0. The molecule has 0 radical (unpaired) electrons. The van der Waals surface area contributed by atoms with Gasteiger partial charge in [-0.1, -0.05) is 37.3 Å². The number of carbonyl (C=O) groups is 1. The predicted octanol–water partition coefficient (Wildman–Crippen LogP) is 2.43. The first-order chi connectivity index (χ1) is 6.72. The van der Waals surface area contributed by atoms with E-state index in [1.807, 2.05) is 18.2 Å². The molecule has 76 valence electrons. The molecule has 0 spiro atoms. The third-order valence-electron chi connectivity index (χ3n) is 2.17. The molecule has 0 bridgehead atoms. The second-order valence-corrected chi connectivity index (χ2v) is 3.58. The molecule has 0 aromatic heterocycles.